The van der Waals surface area contributed by atoms with Gasteiger partial charge in [-0.2, -0.15) is 0 Å². The van der Waals surface area contributed by atoms with Crippen LogP contribution in [0.4, 0.5) is 0 Å². The first kappa shape index (κ1) is 13.2. The molecule has 0 heterocycles. The Bertz CT molecular complexity index is 318. The monoisotopic (exact) mass is 222 g/mol. The highest BCUT2D eigenvalue weighted by Crippen LogP contribution is 2.22. The first-order valence-corrected chi connectivity index (χ1v) is 5.99. The average molecular weight is 222 g/mol. The number of ether oxygens (including phenoxy) is 1. The topological polar surface area (TPSA) is 29.5 Å². The lowest BCUT2D eigenvalue weighted by molar-refractivity contribution is -0.0343. The van der Waals surface area contributed by atoms with Crippen molar-refractivity contribution in [2.24, 2.45) is 0 Å². The molecule has 0 saturated heterocycles. The van der Waals surface area contributed by atoms with Gasteiger partial charge in [0.25, 0.3) is 0 Å². The average Bonchev–Trinajstić information content (AvgIpc) is 2.27. The summed E-state index contributed by atoms with van der Waals surface area (Å²) in [5.74, 6) is 0. The van der Waals surface area contributed by atoms with E-state index in [2.05, 4.69) is 19.1 Å². The summed E-state index contributed by atoms with van der Waals surface area (Å²) in [5, 5.41) is 10.3. The van der Waals surface area contributed by atoms with Crippen LogP contribution < -0.4 is 0 Å². The molecule has 1 rings (SSSR count). The summed E-state index contributed by atoms with van der Waals surface area (Å²) in [5.41, 5.74) is 1.32. The van der Waals surface area contributed by atoms with E-state index >= 15 is 0 Å². The van der Waals surface area contributed by atoms with Crippen LogP contribution in [0.2, 0.25) is 0 Å². The van der Waals surface area contributed by atoms with E-state index in [1.807, 2.05) is 19.1 Å². The third-order valence-corrected chi connectivity index (χ3v) is 2.67. The summed E-state index contributed by atoms with van der Waals surface area (Å²) < 4.78 is 5.30. The van der Waals surface area contributed by atoms with Crippen molar-refractivity contribution in [2.75, 3.05) is 13.2 Å². The number of rotatable bonds is 6. The van der Waals surface area contributed by atoms with Gasteiger partial charge in [-0.1, -0.05) is 37.6 Å². The predicted octanol–water partition coefficient (Wildman–Crippen LogP) is 2.88. The zero-order valence-corrected chi connectivity index (χ0v) is 10.5. The molecule has 16 heavy (non-hydrogen) atoms. The van der Waals surface area contributed by atoms with Gasteiger partial charge in [0.05, 0.1) is 6.61 Å². The van der Waals surface area contributed by atoms with E-state index in [1.54, 1.807) is 6.92 Å². The summed E-state index contributed by atoms with van der Waals surface area (Å²) in [4.78, 5) is 0. The molecule has 0 aliphatic carbocycles. The smallest absolute Gasteiger partial charge is 0.110 e. The van der Waals surface area contributed by atoms with Gasteiger partial charge in [-0.3, -0.25) is 0 Å². The maximum Gasteiger partial charge on any atom is 0.110 e. The summed E-state index contributed by atoms with van der Waals surface area (Å²) in [6.07, 6.45) is 2.18. The van der Waals surface area contributed by atoms with Crippen LogP contribution in [-0.2, 0) is 16.8 Å². The molecule has 0 aliphatic rings. The fraction of sp³-hybridized carbons (Fsp3) is 0.571. The van der Waals surface area contributed by atoms with E-state index in [-0.39, 0.29) is 0 Å². The molecule has 1 atom stereocenters. The van der Waals surface area contributed by atoms with Crippen molar-refractivity contribution in [3.05, 3.63) is 35.4 Å². The lowest BCUT2D eigenvalue weighted by Gasteiger charge is -2.24. The van der Waals surface area contributed by atoms with Crippen LogP contribution in [-0.4, -0.2) is 18.3 Å². The summed E-state index contributed by atoms with van der Waals surface area (Å²) in [7, 11) is 0. The van der Waals surface area contributed by atoms with Crippen molar-refractivity contribution in [3.8, 4) is 0 Å². The standard InChI is InChI=1S/C14H22O2/c1-4-7-12-8-6-9-13(10-12)14(3,15)11-16-5-2/h6,8-10,15H,4-5,7,11H2,1-3H3. The number of benzene rings is 1. The Morgan fingerprint density at radius 2 is 2.06 bits per heavy atom. The second-order valence-electron chi connectivity index (χ2n) is 4.36. The summed E-state index contributed by atoms with van der Waals surface area (Å²) in [6.45, 7) is 6.87. The second-order valence-corrected chi connectivity index (χ2v) is 4.36. The molecular weight excluding hydrogens is 200 g/mol. The Morgan fingerprint density at radius 1 is 1.31 bits per heavy atom. The van der Waals surface area contributed by atoms with Gasteiger partial charge in [0.15, 0.2) is 0 Å². The van der Waals surface area contributed by atoms with Gasteiger partial charge in [-0.05, 0) is 31.4 Å². The minimum atomic E-state index is -0.889. The molecule has 0 radical (unpaired) electrons. The zero-order valence-electron chi connectivity index (χ0n) is 10.5. The molecule has 1 aromatic rings. The highest BCUT2D eigenvalue weighted by atomic mass is 16.5. The molecule has 0 bridgehead atoms. The predicted molar refractivity (Wildman–Crippen MR) is 66.5 cm³/mol. The highest BCUT2D eigenvalue weighted by Gasteiger charge is 2.23. The van der Waals surface area contributed by atoms with E-state index in [9.17, 15) is 5.11 Å². The van der Waals surface area contributed by atoms with Crippen molar-refractivity contribution >= 4 is 0 Å². The minimum absolute atomic E-state index is 0.346. The SMILES string of the molecule is CCCc1cccc(C(C)(O)COCC)c1. The van der Waals surface area contributed by atoms with Gasteiger partial charge in [-0.25, -0.2) is 0 Å². The molecular formula is C14H22O2. The maximum absolute atomic E-state index is 10.3. The van der Waals surface area contributed by atoms with Crippen LogP contribution in [0.1, 0.15) is 38.3 Å². The van der Waals surface area contributed by atoms with Crippen LogP contribution in [0.25, 0.3) is 0 Å². The van der Waals surface area contributed by atoms with Crippen LogP contribution in [0.15, 0.2) is 24.3 Å². The molecule has 0 spiro atoms. The lowest BCUT2D eigenvalue weighted by atomic mass is 9.94. The van der Waals surface area contributed by atoms with Gasteiger partial charge in [0.2, 0.25) is 0 Å². The van der Waals surface area contributed by atoms with Crippen LogP contribution >= 0.6 is 0 Å². The Kier molecular flexibility index (Phi) is 4.97. The molecule has 0 saturated carbocycles. The molecule has 0 aromatic heterocycles. The first-order chi connectivity index (χ1) is 7.60. The normalized spacial score (nSPS) is 14.8. The third kappa shape index (κ3) is 3.62. The quantitative estimate of drug-likeness (QED) is 0.802. The number of aliphatic hydroxyl groups is 1. The highest BCUT2D eigenvalue weighted by molar-refractivity contribution is 5.28. The Morgan fingerprint density at radius 3 is 2.69 bits per heavy atom. The molecule has 1 N–H and O–H groups in total. The van der Waals surface area contributed by atoms with Gasteiger partial charge in [0.1, 0.15) is 5.60 Å². The largest absolute Gasteiger partial charge is 0.383 e. The molecule has 0 amide bonds. The fourth-order valence-corrected chi connectivity index (χ4v) is 1.73. The molecule has 2 nitrogen and oxygen atoms in total. The Balaban J connectivity index is 2.80. The van der Waals surface area contributed by atoms with Crippen molar-refractivity contribution in [1.29, 1.82) is 0 Å². The maximum atomic E-state index is 10.3. The van der Waals surface area contributed by atoms with Crippen LogP contribution in [0.3, 0.4) is 0 Å². The van der Waals surface area contributed by atoms with Gasteiger partial charge in [0, 0.05) is 6.61 Å². The molecule has 2 heteroatoms. The van der Waals surface area contributed by atoms with Crippen molar-refractivity contribution in [1.82, 2.24) is 0 Å². The second kappa shape index (κ2) is 6.02. The van der Waals surface area contributed by atoms with Gasteiger partial charge < -0.3 is 9.84 Å². The first-order valence-electron chi connectivity index (χ1n) is 5.99. The number of hydrogen-bond acceptors (Lipinski definition) is 2. The molecule has 1 unspecified atom stereocenters. The van der Waals surface area contributed by atoms with Crippen molar-refractivity contribution in [2.45, 2.75) is 39.2 Å². The number of hydrogen-bond donors (Lipinski definition) is 1. The summed E-state index contributed by atoms with van der Waals surface area (Å²) in [6, 6.07) is 8.13. The van der Waals surface area contributed by atoms with Crippen LogP contribution in [0, 0.1) is 0 Å². The van der Waals surface area contributed by atoms with E-state index < -0.39 is 5.60 Å². The van der Waals surface area contributed by atoms with Crippen molar-refractivity contribution in [3.63, 3.8) is 0 Å². The Hall–Kier alpha value is -0.860. The Labute approximate surface area is 98.3 Å². The van der Waals surface area contributed by atoms with E-state index in [1.165, 1.54) is 5.56 Å². The van der Waals surface area contributed by atoms with Crippen LogP contribution in [0.5, 0.6) is 0 Å². The third-order valence-electron chi connectivity index (χ3n) is 2.67. The molecule has 1 aromatic carbocycles. The van der Waals surface area contributed by atoms with Gasteiger partial charge >= 0.3 is 0 Å². The fourth-order valence-electron chi connectivity index (χ4n) is 1.73. The number of aryl methyl sites for hydroxylation is 1. The van der Waals surface area contributed by atoms with Crippen molar-refractivity contribution < 1.29 is 9.84 Å². The van der Waals surface area contributed by atoms with E-state index in [0.717, 1.165) is 18.4 Å². The molecule has 90 valence electrons. The van der Waals surface area contributed by atoms with Gasteiger partial charge in [-0.15, -0.1) is 0 Å². The molecule has 0 aliphatic heterocycles. The summed E-state index contributed by atoms with van der Waals surface area (Å²) >= 11 is 0. The van der Waals surface area contributed by atoms with E-state index in [4.69, 9.17) is 4.74 Å². The zero-order chi connectivity index (χ0) is 12.0. The minimum Gasteiger partial charge on any atom is -0.383 e. The lowest BCUT2D eigenvalue weighted by Crippen LogP contribution is -2.27. The molecule has 0 fully saturated rings. The van der Waals surface area contributed by atoms with E-state index in [0.29, 0.717) is 13.2 Å².